The first kappa shape index (κ1) is 14.2. The molecule has 0 heterocycles. The second kappa shape index (κ2) is 8.05. The average Bonchev–Trinajstić information content (AvgIpc) is 2.49. The van der Waals surface area contributed by atoms with Gasteiger partial charge in [0.1, 0.15) is 18.1 Å². The lowest BCUT2D eigenvalue weighted by atomic mass is 9.89. The third-order valence-electron chi connectivity index (χ3n) is 3.76. The molecule has 0 radical (unpaired) electrons. The molecule has 0 amide bonds. The van der Waals surface area contributed by atoms with Crippen LogP contribution in [0.15, 0.2) is 24.3 Å². The summed E-state index contributed by atoms with van der Waals surface area (Å²) in [5.74, 6) is 2.65. The highest BCUT2D eigenvalue weighted by Crippen LogP contribution is 2.22. The van der Waals surface area contributed by atoms with Crippen molar-refractivity contribution in [2.24, 2.45) is 5.92 Å². The lowest BCUT2D eigenvalue weighted by molar-refractivity contribution is 0.294. The molecule has 19 heavy (non-hydrogen) atoms. The lowest BCUT2D eigenvalue weighted by Crippen LogP contribution is -2.28. The van der Waals surface area contributed by atoms with Gasteiger partial charge in [0.05, 0.1) is 7.11 Å². The molecule has 1 aromatic carbocycles. The van der Waals surface area contributed by atoms with Crippen molar-refractivity contribution < 1.29 is 9.47 Å². The third kappa shape index (κ3) is 5.11. The molecule has 0 aliphatic heterocycles. The molecule has 0 aromatic heterocycles. The standard InChI is InChI=1S/C16H25NO2/c1-18-15-7-9-16(10-8-15)19-12-11-17-13-14-5-3-2-4-6-14/h7-10,14,17H,2-6,11-13H2,1H3. The summed E-state index contributed by atoms with van der Waals surface area (Å²) < 4.78 is 10.8. The van der Waals surface area contributed by atoms with Gasteiger partial charge in [-0.3, -0.25) is 0 Å². The fourth-order valence-corrected chi connectivity index (χ4v) is 2.61. The van der Waals surface area contributed by atoms with Crippen LogP contribution in [0.25, 0.3) is 0 Å². The van der Waals surface area contributed by atoms with E-state index in [1.54, 1.807) is 7.11 Å². The molecule has 0 bridgehead atoms. The van der Waals surface area contributed by atoms with Crippen molar-refractivity contribution in [2.75, 3.05) is 26.8 Å². The summed E-state index contributed by atoms with van der Waals surface area (Å²) >= 11 is 0. The van der Waals surface area contributed by atoms with Crippen LogP contribution < -0.4 is 14.8 Å². The largest absolute Gasteiger partial charge is 0.497 e. The van der Waals surface area contributed by atoms with E-state index in [1.165, 1.54) is 32.1 Å². The van der Waals surface area contributed by atoms with Crippen molar-refractivity contribution in [2.45, 2.75) is 32.1 Å². The van der Waals surface area contributed by atoms with Gasteiger partial charge in [-0.05, 0) is 49.6 Å². The Morgan fingerprint density at radius 3 is 2.42 bits per heavy atom. The summed E-state index contributed by atoms with van der Waals surface area (Å²) in [6.45, 7) is 2.79. The fourth-order valence-electron chi connectivity index (χ4n) is 2.61. The van der Waals surface area contributed by atoms with Crippen LogP contribution in [0.5, 0.6) is 11.5 Å². The van der Waals surface area contributed by atoms with E-state index in [4.69, 9.17) is 9.47 Å². The molecule has 1 N–H and O–H groups in total. The molecule has 0 spiro atoms. The molecule has 3 nitrogen and oxygen atoms in total. The van der Waals surface area contributed by atoms with Crippen molar-refractivity contribution in [3.8, 4) is 11.5 Å². The first-order valence-corrected chi connectivity index (χ1v) is 7.36. The number of hydrogen-bond donors (Lipinski definition) is 1. The predicted molar refractivity (Wildman–Crippen MR) is 77.9 cm³/mol. The summed E-state index contributed by atoms with van der Waals surface area (Å²) in [6, 6.07) is 7.73. The smallest absolute Gasteiger partial charge is 0.119 e. The lowest BCUT2D eigenvalue weighted by Gasteiger charge is -2.21. The van der Waals surface area contributed by atoms with Crippen LogP contribution >= 0.6 is 0 Å². The van der Waals surface area contributed by atoms with E-state index >= 15 is 0 Å². The summed E-state index contributed by atoms with van der Waals surface area (Å²) in [7, 11) is 1.67. The second-order valence-corrected chi connectivity index (χ2v) is 5.23. The van der Waals surface area contributed by atoms with Gasteiger partial charge in [-0.1, -0.05) is 19.3 Å². The molecular formula is C16H25NO2. The quantitative estimate of drug-likeness (QED) is 0.766. The van der Waals surface area contributed by atoms with Gasteiger partial charge in [-0.2, -0.15) is 0 Å². The van der Waals surface area contributed by atoms with E-state index < -0.39 is 0 Å². The minimum absolute atomic E-state index is 0.721. The summed E-state index contributed by atoms with van der Waals surface area (Å²) in [5, 5.41) is 3.50. The Bertz CT molecular complexity index is 344. The van der Waals surface area contributed by atoms with Crippen LogP contribution in [-0.2, 0) is 0 Å². The zero-order valence-corrected chi connectivity index (χ0v) is 11.9. The molecule has 1 aliphatic rings. The summed E-state index contributed by atoms with van der Waals surface area (Å²) in [4.78, 5) is 0. The van der Waals surface area contributed by atoms with E-state index in [9.17, 15) is 0 Å². The van der Waals surface area contributed by atoms with Gasteiger partial charge in [0.2, 0.25) is 0 Å². The molecule has 0 saturated heterocycles. The fraction of sp³-hybridized carbons (Fsp3) is 0.625. The summed E-state index contributed by atoms with van der Waals surface area (Å²) in [5.41, 5.74) is 0. The van der Waals surface area contributed by atoms with E-state index in [2.05, 4.69) is 5.32 Å². The molecule has 106 valence electrons. The molecule has 2 rings (SSSR count). The number of nitrogens with one attached hydrogen (secondary N) is 1. The van der Waals surface area contributed by atoms with Gasteiger partial charge in [0.15, 0.2) is 0 Å². The molecule has 1 fully saturated rings. The Morgan fingerprint density at radius 2 is 1.74 bits per heavy atom. The predicted octanol–water partition coefficient (Wildman–Crippen LogP) is 3.24. The Kier molecular flexibility index (Phi) is 6.02. The highest BCUT2D eigenvalue weighted by Gasteiger charge is 2.12. The molecule has 3 heteroatoms. The van der Waals surface area contributed by atoms with Gasteiger partial charge in [0, 0.05) is 6.54 Å². The molecule has 0 unspecified atom stereocenters. The van der Waals surface area contributed by atoms with Crippen LogP contribution in [0, 0.1) is 5.92 Å². The molecule has 1 aliphatic carbocycles. The molecular weight excluding hydrogens is 238 g/mol. The number of rotatable bonds is 7. The maximum atomic E-state index is 5.68. The highest BCUT2D eigenvalue weighted by molar-refractivity contribution is 5.31. The van der Waals surface area contributed by atoms with Gasteiger partial charge in [0.25, 0.3) is 0 Å². The van der Waals surface area contributed by atoms with Crippen molar-refractivity contribution in [1.82, 2.24) is 5.32 Å². The monoisotopic (exact) mass is 263 g/mol. The Balaban J connectivity index is 1.55. The van der Waals surface area contributed by atoms with Gasteiger partial charge < -0.3 is 14.8 Å². The van der Waals surface area contributed by atoms with E-state index in [0.29, 0.717) is 0 Å². The molecule has 0 atom stereocenters. The van der Waals surface area contributed by atoms with Crippen molar-refractivity contribution in [3.63, 3.8) is 0 Å². The maximum absolute atomic E-state index is 5.68. The zero-order chi connectivity index (χ0) is 13.3. The van der Waals surface area contributed by atoms with Gasteiger partial charge in [-0.15, -0.1) is 0 Å². The zero-order valence-electron chi connectivity index (χ0n) is 11.9. The van der Waals surface area contributed by atoms with Gasteiger partial charge in [-0.25, -0.2) is 0 Å². The van der Waals surface area contributed by atoms with Crippen LogP contribution in [0.3, 0.4) is 0 Å². The number of methoxy groups -OCH3 is 1. The van der Waals surface area contributed by atoms with Crippen LogP contribution in [0.4, 0.5) is 0 Å². The number of benzene rings is 1. The van der Waals surface area contributed by atoms with E-state index in [-0.39, 0.29) is 0 Å². The Labute approximate surface area is 116 Å². The van der Waals surface area contributed by atoms with E-state index in [1.807, 2.05) is 24.3 Å². The van der Waals surface area contributed by atoms with Crippen LogP contribution in [0.1, 0.15) is 32.1 Å². The van der Waals surface area contributed by atoms with Gasteiger partial charge >= 0.3 is 0 Å². The van der Waals surface area contributed by atoms with Crippen molar-refractivity contribution >= 4 is 0 Å². The first-order valence-electron chi connectivity index (χ1n) is 7.36. The third-order valence-corrected chi connectivity index (χ3v) is 3.76. The van der Waals surface area contributed by atoms with Crippen LogP contribution in [0.2, 0.25) is 0 Å². The minimum Gasteiger partial charge on any atom is -0.497 e. The number of ether oxygens (including phenoxy) is 2. The highest BCUT2D eigenvalue weighted by atomic mass is 16.5. The number of hydrogen-bond acceptors (Lipinski definition) is 3. The average molecular weight is 263 g/mol. The first-order chi connectivity index (χ1) is 9.38. The maximum Gasteiger partial charge on any atom is 0.119 e. The van der Waals surface area contributed by atoms with Crippen LogP contribution in [-0.4, -0.2) is 26.8 Å². The second-order valence-electron chi connectivity index (χ2n) is 5.23. The van der Waals surface area contributed by atoms with Crippen molar-refractivity contribution in [3.05, 3.63) is 24.3 Å². The Morgan fingerprint density at radius 1 is 1.05 bits per heavy atom. The van der Waals surface area contributed by atoms with E-state index in [0.717, 1.165) is 37.1 Å². The van der Waals surface area contributed by atoms with Crippen molar-refractivity contribution in [1.29, 1.82) is 0 Å². The summed E-state index contributed by atoms with van der Waals surface area (Å²) in [6.07, 6.45) is 7.04. The molecule has 1 saturated carbocycles. The SMILES string of the molecule is COc1ccc(OCCNCC2CCCCC2)cc1. The Hall–Kier alpha value is -1.22. The topological polar surface area (TPSA) is 30.5 Å². The molecule has 1 aromatic rings. The minimum atomic E-state index is 0.721. The normalized spacial score (nSPS) is 16.3.